The van der Waals surface area contributed by atoms with Crippen molar-refractivity contribution in [3.8, 4) is 0 Å². The van der Waals surface area contributed by atoms with Crippen LogP contribution < -0.4 is 0 Å². The molecule has 6 nitrogen and oxygen atoms in total. The molecular weight excluding hydrogens is 194 g/mol. The average molecular weight is 211 g/mol. The minimum absolute atomic E-state index is 0.0206. The highest BCUT2D eigenvalue weighted by Gasteiger charge is 2.23. The highest BCUT2D eigenvalue weighted by molar-refractivity contribution is 5.75. The number of nitrogens with zero attached hydrogens (tertiary/aromatic N) is 5. The normalized spacial score (nSPS) is 11.5. The number of hydrogen-bond acceptors (Lipinski definition) is 4. The summed E-state index contributed by atoms with van der Waals surface area (Å²) in [5.74, 6) is 0.700. The van der Waals surface area contributed by atoms with E-state index in [9.17, 15) is 4.79 Å². The van der Waals surface area contributed by atoms with Crippen LogP contribution in [0.5, 0.6) is 0 Å². The van der Waals surface area contributed by atoms with Gasteiger partial charge >= 0.3 is 0 Å². The quantitative estimate of drug-likeness (QED) is 0.694. The SMILES string of the molecule is CN(C)C(=O)Cn1nnnc1C(C)(C)C. The summed E-state index contributed by atoms with van der Waals surface area (Å²) < 4.78 is 1.54. The van der Waals surface area contributed by atoms with Crippen LogP contribution in [0.3, 0.4) is 0 Å². The Hall–Kier alpha value is -1.46. The molecule has 15 heavy (non-hydrogen) atoms. The fourth-order valence-corrected chi connectivity index (χ4v) is 1.12. The molecule has 0 bridgehead atoms. The number of aromatic nitrogens is 4. The third-order valence-corrected chi connectivity index (χ3v) is 1.99. The standard InChI is InChI=1S/C9H17N5O/c1-9(2,3)8-10-11-12-14(8)6-7(15)13(4)5/h6H2,1-5H3. The number of likely N-dealkylation sites (N-methyl/N-ethyl adjacent to an activating group) is 1. The Morgan fingerprint density at radius 2 is 2.00 bits per heavy atom. The zero-order valence-electron chi connectivity index (χ0n) is 9.85. The fourth-order valence-electron chi connectivity index (χ4n) is 1.12. The van der Waals surface area contributed by atoms with Crippen molar-refractivity contribution in [2.75, 3.05) is 14.1 Å². The minimum Gasteiger partial charge on any atom is -0.347 e. The maximum Gasteiger partial charge on any atom is 0.243 e. The van der Waals surface area contributed by atoms with Crippen LogP contribution in [0.15, 0.2) is 0 Å². The van der Waals surface area contributed by atoms with E-state index in [-0.39, 0.29) is 17.9 Å². The van der Waals surface area contributed by atoms with Crippen molar-refractivity contribution in [3.63, 3.8) is 0 Å². The molecule has 1 aromatic rings. The van der Waals surface area contributed by atoms with Gasteiger partial charge in [-0.2, -0.15) is 0 Å². The van der Waals surface area contributed by atoms with E-state index in [0.717, 1.165) is 5.82 Å². The molecule has 1 heterocycles. The van der Waals surface area contributed by atoms with Gasteiger partial charge in [0.2, 0.25) is 5.91 Å². The van der Waals surface area contributed by atoms with Gasteiger partial charge in [-0.25, -0.2) is 4.68 Å². The molecule has 0 spiro atoms. The van der Waals surface area contributed by atoms with Crippen LogP contribution in [0.1, 0.15) is 26.6 Å². The number of tetrazole rings is 1. The maximum absolute atomic E-state index is 11.5. The number of hydrogen-bond donors (Lipinski definition) is 0. The molecule has 1 amide bonds. The molecule has 0 unspecified atom stereocenters. The number of carbonyl (C=O) groups is 1. The van der Waals surface area contributed by atoms with Gasteiger partial charge in [0.1, 0.15) is 6.54 Å². The van der Waals surface area contributed by atoms with Crippen molar-refractivity contribution in [2.45, 2.75) is 32.7 Å². The van der Waals surface area contributed by atoms with Crippen LogP contribution in [-0.4, -0.2) is 45.1 Å². The molecule has 0 aliphatic heterocycles. The first kappa shape index (κ1) is 11.6. The predicted octanol–water partition coefficient (Wildman–Crippen LogP) is 0.0588. The first-order valence-electron chi connectivity index (χ1n) is 4.79. The summed E-state index contributed by atoms with van der Waals surface area (Å²) in [6.07, 6.45) is 0. The third kappa shape index (κ3) is 2.74. The van der Waals surface area contributed by atoms with E-state index in [1.54, 1.807) is 18.8 Å². The molecule has 0 saturated carbocycles. The van der Waals surface area contributed by atoms with Crippen LogP contribution >= 0.6 is 0 Å². The Morgan fingerprint density at radius 1 is 1.40 bits per heavy atom. The molecule has 0 fully saturated rings. The highest BCUT2D eigenvalue weighted by Crippen LogP contribution is 2.18. The van der Waals surface area contributed by atoms with Crippen molar-refractivity contribution >= 4 is 5.91 Å². The minimum atomic E-state index is -0.157. The second kappa shape index (κ2) is 3.96. The topological polar surface area (TPSA) is 63.9 Å². The Kier molecular flexibility index (Phi) is 3.06. The first-order chi connectivity index (χ1) is 6.82. The van der Waals surface area contributed by atoms with Crippen LogP contribution in [0.25, 0.3) is 0 Å². The van der Waals surface area contributed by atoms with E-state index in [1.165, 1.54) is 4.90 Å². The lowest BCUT2D eigenvalue weighted by Crippen LogP contribution is -2.29. The maximum atomic E-state index is 11.5. The van der Waals surface area contributed by atoms with Crippen molar-refractivity contribution in [2.24, 2.45) is 0 Å². The molecule has 0 N–H and O–H groups in total. The molecule has 0 aliphatic carbocycles. The molecule has 0 radical (unpaired) electrons. The first-order valence-corrected chi connectivity index (χ1v) is 4.79. The molecule has 0 aliphatic rings. The van der Waals surface area contributed by atoms with Crippen LogP contribution in [0, 0.1) is 0 Å². The average Bonchev–Trinajstić information content (AvgIpc) is 2.50. The molecule has 1 aromatic heterocycles. The summed E-state index contributed by atoms with van der Waals surface area (Å²) in [5.41, 5.74) is -0.157. The van der Waals surface area contributed by atoms with E-state index in [4.69, 9.17) is 0 Å². The number of carbonyl (C=O) groups excluding carboxylic acids is 1. The Morgan fingerprint density at radius 3 is 2.47 bits per heavy atom. The van der Waals surface area contributed by atoms with Crippen molar-refractivity contribution in [1.29, 1.82) is 0 Å². The zero-order chi connectivity index (χ0) is 11.6. The van der Waals surface area contributed by atoms with Gasteiger partial charge in [-0.3, -0.25) is 4.79 Å². The molecular formula is C9H17N5O. The second-order valence-electron chi connectivity index (χ2n) is 4.70. The van der Waals surface area contributed by atoms with Gasteiger partial charge in [0.15, 0.2) is 5.82 Å². The van der Waals surface area contributed by atoms with Gasteiger partial charge in [-0.1, -0.05) is 20.8 Å². The lowest BCUT2D eigenvalue weighted by atomic mass is 9.96. The summed E-state index contributed by atoms with van der Waals surface area (Å²) in [5, 5.41) is 11.3. The van der Waals surface area contributed by atoms with Gasteiger partial charge < -0.3 is 4.90 Å². The lowest BCUT2D eigenvalue weighted by molar-refractivity contribution is -0.129. The predicted molar refractivity (Wildman–Crippen MR) is 55.2 cm³/mol. The Balaban J connectivity index is 2.88. The summed E-state index contributed by atoms with van der Waals surface area (Å²) in [6, 6.07) is 0. The number of rotatable bonds is 2. The second-order valence-corrected chi connectivity index (χ2v) is 4.70. The van der Waals surface area contributed by atoms with Crippen LogP contribution in [0.4, 0.5) is 0 Å². The third-order valence-electron chi connectivity index (χ3n) is 1.99. The molecule has 0 saturated heterocycles. The van der Waals surface area contributed by atoms with E-state index < -0.39 is 0 Å². The van der Waals surface area contributed by atoms with E-state index in [0.29, 0.717) is 0 Å². The highest BCUT2D eigenvalue weighted by atomic mass is 16.2. The lowest BCUT2D eigenvalue weighted by Gasteiger charge is -2.17. The van der Waals surface area contributed by atoms with Crippen molar-refractivity contribution in [1.82, 2.24) is 25.1 Å². The zero-order valence-corrected chi connectivity index (χ0v) is 9.85. The molecule has 6 heteroatoms. The summed E-state index contributed by atoms with van der Waals surface area (Å²) in [7, 11) is 3.42. The molecule has 0 aromatic carbocycles. The van der Waals surface area contributed by atoms with Crippen molar-refractivity contribution < 1.29 is 4.79 Å². The summed E-state index contributed by atoms with van der Waals surface area (Å²) in [6.45, 7) is 6.21. The van der Waals surface area contributed by atoms with Gasteiger partial charge in [-0.05, 0) is 10.4 Å². The van der Waals surface area contributed by atoms with Gasteiger partial charge in [0.05, 0.1) is 0 Å². The van der Waals surface area contributed by atoms with Gasteiger partial charge in [0.25, 0.3) is 0 Å². The summed E-state index contributed by atoms with van der Waals surface area (Å²) >= 11 is 0. The fraction of sp³-hybridized carbons (Fsp3) is 0.778. The monoisotopic (exact) mass is 211 g/mol. The number of amides is 1. The largest absolute Gasteiger partial charge is 0.347 e. The Labute approximate surface area is 89.3 Å². The smallest absolute Gasteiger partial charge is 0.243 e. The molecule has 1 rings (SSSR count). The van der Waals surface area contributed by atoms with Crippen molar-refractivity contribution in [3.05, 3.63) is 5.82 Å². The van der Waals surface area contributed by atoms with E-state index in [1.807, 2.05) is 20.8 Å². The van der Waals surface area contributed by atoms with Crippen LogP contribution in [-0.2, 0) is 16.8 Å². The molecule has 0 atom stereocenters. The summed E-state index contributed by atoms with van der Waals surface area (Å²) in [4.78, 5) is 13.0. The van der Waals surface area contributed by atoms with E-state index >= 15 is 0 Å². The van der Waals surface area contributed by atoms with Crippen LogP contribution in [0.2, 0.25) is 0 Å². The van der Waals surface area contributed by atoms with E-state index in [2.05, 4.69) is 15.5 Å². The van der Waals surface area contributed by atoms with Gasteiger partial charge in [0, 0.05) is 19.5 Å². The molecule has 84 valence electrons. The Bertz CT molecular complexity index is 350. The van der Waals surface area contributed by atoms with Gasteiger partial charge in [-0.15, -0.1) is 5.10 Å².